The van der Waals surface area contributed by atoms with E-state index in [0.717, 1.165) is 36.8 Å². The lowest BCUT2D eigenvalue weighted by atomic mass is 9.88. The second-order valence-electron chi connectivity index (χ2n) is 4.63. The normalized spacial score (nSPS) is 15.7. The van der Waals surface area contributed by atoms with E-state index >= 15 is 0 Å². The molecule has 1 aliphatic carbocycles. The van der Waals surface area contributed by atoms with E-state index in [0.29, 0.717) is 0 Å². The SMILES string of the molecule is CCOC(=O)C(O)c1cc2c(c(Cl)c1O)CCCC2. The third kappa shape index (κ3) is 2.69. The van der Waals surface area contributed by atoms with E-state index in [4.69, 9.17) is 16.3 Å². The first kappa shape index (κ1) is 14.2. The lowest BCUT2D eigenvalue weighted by molar-refractivity contribution is -0.153. The number of aromatic hydroxyl groups is 1. The van der Waals surface area contributed by atoms with Gasteiger partial charge in [0.1, 0.15) is 5.75 Å². The largest absolute Gasteiger partial charge is 0.506 e. The summed E-state index contributed by atoms with van der Waals surface area (Å²) in [5.74, 6) is -0.993. The molecule has 5 heteroatoms. The van der Waals surface area contributed by atoms with Crippen molar-refractivity contribution < 1.29 is 19.7 Å². The molecule has 19 heavy (non-hydrogen) atoms. The van der Waals surface area contributed by atoms with Gasteiger partial charge in [-0.3, -0.25) is 0 Å². The number of phenols is 1. The molecule has 1 aromatic carbocycles. The Hall–Kier alpha value is -1.26. The number of aliphatic hydroxyl groups excluding tert-OH is 1. The molecule has 0 fully saturated rings. The van der Waals surface area contributed by atoms with Crippen molar-refractivity contribution in [2.75, 3.05) is 6.61 Å². The predicted molar refractivity (Wildman–Crippen MR) is 71.4 cm³/mol. The number of aryl methyl sites for hydroxylation is 1. The number of rotatable bonds is 3. The number of benzene rings is 1. The molecule has 1 unspecified atom stereocenters. The fraction of sp³-hybridized carbons (Fsp3) is 0.500. The van der Waals surface area contributed by atoms with Crippen molar-refractivity contribution in [3.63, 3.8) is 0 Å². The average Bonchev–Trinajstić information content (AvgIpc) is 2.42. The Balaban J connectivity index is 2.41. The number of hydrogen-bond donors (Lipinski definition) is 2. The summed E-state index contributed by atoms with van der Waals surface area (Å²) in [6.45, 7) is 1.83. The molecule has 0 saturated carbocycles. The number of carbonyl (C=O) groups excluding carboxylic acids is 1. The maximum atomic E-state index is 11.5. The van der Waals surface area contributed by atoms with Gasteiger partial charge in [-0.2, -0.15) is 0 Å². The van der Waals surface area contributed by atoms with Gasteiger partial charge in [-0.25, -0.2) is 4.79 Å². The highest BCUT2D eigenvalue weighted by atomic mass is 35.5. The van der Waals surface area contributed by atoms with Crippen LogP contribution in [0.2, 0.25) is 5.02 Å². The Kier molecular flexibility index (Phi) is 4.32. The molecular formula is C14H17ClO4. The van der Waals surface area contributed by atoms with Gasteiger partial charge in [0.2, 0.25) is 0 Å². The summed E-state index contributed by atoms with van der Waals surface area (Å²) in [6.07, 6.45) is 2.24. The van der Waals surface area contributed by atoms with Gasteiger partial charge in [-0.1, -0.05) is 11.6 Å². The van der Waals surface area contributed by atoms with Crippen LogP contribution in [0.15, 0.2) is 6.07 Å². The zero-order valence-corrected chi connectivity index (χ0v) is 11.5. The van der Waals surface area contributed by atoms with E-state index in [1.807, 2.05) is 0 Å². The van der Waals surface area contributed by atoms with E-state index < -0.39 is 12.1 Å². The Morgan fingerprint density at radius 3 is 2.84 bits per heavy atom. The average molecular weight is 285 g/mol. The molecule has 0 spiro atoms. The van der Waals surface area contributed by atoms with Crippen molar-refractivity contribution in [2.45, 2.75) is 38.7 Å². The first-order valence-electron chi connectivity index (χ1n) is 6.44. The smallest absolute Gasteiger partial charge is 0.339 e. The monoisotopic (exact) mass is 284 g/mol. The molecule has 0 amide bonds. The molecule has 0 aliphatic heterocycles. The molecule has 1 atom stereocenters. The van der Waals surface area contributed by atoms with Crippen molar-refractivity contribution in [3.8, 4) is 5.75 Å². The molecular weight excluding hydrogens is 268 g/mol. The molecule has 1 aliphatic rings. The van der Waals surface area contributed by atoms with Gasteiger partial charge in [-0.05, 0) is 49.8 Å². The van der Waals surface area contributed by atoms with Crippen molar-refractivity contribution >= 4 is 17.6 Å². The number of fused-ring (bicyclic) bond motifs is 1. The van der Waals surface area contributed by atoms with E-state index in [-0.39, 0.29) is 22.9 Å². The number of halogens is 1. The summed E-state index contributed by atoms with van der Waals surface area (Å²) in [5.41, 5.74) is 2.04. The molecule has 104 valence electrons. The van der Waals surface area contributed by atoms with Crippen LogP contribution in [0, 0.1) is 0 Å². The molecule has 0 radical (unpaired) electrons. The Labute approximate surface area is 117 Å². The number of carbonyl (C=O) groups is 1. The summed E-state index contributed by atoms with van der Waals surface area (Å²) >= 11 is 6.13. The van der Waals surface area contributed by atoms with Crippen LogP contribution >= 0.6 is 11.6 Å². The molecule has 0 aromatic heterocycles. The maximum absolute atomic E-state index is 11.5. The second kappa shape index (κ2) is 5.80. The van der Waals surface area contributed by atoms with Gasteiger partial charge in [-0.15, -0.1) is 0 Å². The lowest BCUT2D eigenvalue weighted by Gasteiger charge is -2.21. The molecule has 2 rings (SSSR count). The van der Waals surface area contributed by atoms with Crippen molar-refractivity contribution in [1.82, 2.24) is 0 Å². The van der Waals surface area contributed by atoms with Gasteiger partial charge in [0.05, 0.1) is 11.6 Å². The minimum absolute atomic E-state index is 0.129. The topological polar surface area (TPSA) is 66.8 Å². The quantitative estimate of drug-likeness (QED) is 0.837. The Morgan fingerprint density at radius 2 is 2.16 bits per heavy atom. The van der Waals surface area contributed by atoms with Crippen molar-refractivity contribution in [1.29, 1.82) is 0 Å². The summed E-state index contributed by atoms with van der Waals surface area (Å²) in [6, 6.07) is 1.66. The third-order valence-corrected chi connectivity index (χ3v) is 3.80. The van der Waals surface area contributed by atoms with Crippen molar-refractivity contribution in [2.24, 2.45) is 0 Å². The number of aliphatic hydroxyl groups is 1. The van der Waals surface area contributed by atoms with E-state index in [9.17, 15) is 15.0 Å². The van der Waals surface area contributed by atoms with Crippen LogP contribution in [0.1, 0.15) is 42.6 Å². The van der Waals surface area contributed by atoms with Gasteiger partial charge >= 0.3 is 5.97 Å². The minimum Gasteiger partial charge on any atom is -0.506 e. The minimum atomic E-state index is -1.50. The zero-order chi connectivity index (χ0) is 14.0. The van der Waals surface area contributed by atoms with Crippen molar-refractivity contribution in [3.05, 3.63) is 27.8 Å². The number of hydrogen-bond acceptors (Lipinski definition) is 4. The van der Waals surface area contributed by atoms with Gasteiger partial charge in [0, 0.05) is 5.56 Å². The van der Waals surface area contributed by atoms with Crippen LogP contribution < -0.4 is 0 Å². The molecule has 0 saturated heterocycles. The number of phenolic OH excluding ortho intramolecular Hbond substituents is 1. The van der Waals surface area contributed by atoms with Crippen LogP contribution in [0.5, 0.6) is 5.75 Å². The predicted octanol–water partition coefficient (Wildman–Crippen LogP) is 2.52. The van der Waals surface area contributed by atoms with Crippen LogP contribution in [0.3, 0.4) is 0 Å². The molecule has 0 heterocycles. The zero-order valence-electron chi connectivity index (χ0n) is 10.8. The first-order valence-corrected chi connectivity index (χ1v) is 6.81. The lowest BCUT2D eigenvalue weighted by Crippen LogP contribution is -2.17. The Bertz CT molecular complexity index is 499. The highest BCUT2D eigenvalue weighted by Gasteiger charge is 2.27. The fourth-order valence-corrected chi connectivity index (χ4v) is 2.75. The highest BCUT2D eigenvalue weighted by molar-refractivity contribution is 6.33. The first-order chi connectivity index (χ1) is 9.06. The van der Waals surface area contributed by atoms with Crippen LogP contribution in [-0.2, 0) is 22.4 Å². The molecule has 2 N–H and O–H groups in total. The van der Waals surface area contributed by atoms with Crippen LogP contribution in [-0.4, -0.2) is 22.8 Å². The molecule has 4 nitrogen and oxygen atoms in total. The highest BCUT2D eigenvalue weighted by Crippen LogP contribution is 2.40. The Morgan fingerprint density at radius 1 is 1.47 bits per heavy atom. The molecule has 1 aromatic rings. The standard InChI is InChI=1S/C14H17ClO4/c1-2-19-14(18)13(17)10-7-8-5-3-4-6-9(8)11(15)12(10)16/h7,13,16-17H,2-6H2,1H3. The van der Waals surface area contributed by atoms with Gasteiger partial charge in [0.15, 0.2) is 6.10 Å². The summed E-state index contributed by atoms with van der Waals surface area (Å²) < 4.78 is 4.75. The van der Waals surface area contributed by atoms with Crippen LogP contribution in [0.25, 0.3) is 0 Å². The second-order valence-corrected chi connectivity index (χ2v) is 5.01. The van der Waals surface area contributed by atoms with Gasteiger partial charge in [0.25, 0.3) is 0 Å². The van der Waals surface area contributed by atoms with Crippen LogP contribution in [0.4, 0.5) is 0 Å². The number of esters is 1. The number of ether oxygens (including phenoxy) is 1. The van der Waals surface area contributed by atoms with E-state index in [1.54, 1.807) is 13.0 Å². The molecule has 0 bridgehead atoms. The third-order valence-electron chi connectivity index (χ3n) is 3.39. The maximum Gasteiger partial charge on any atom is 0.339 e. The van der Waals surface area contributed by atoms with E-state index in [2.05, 4.69) is 0 Å². The summed E-state index contributed by atoms with van der Waals surface area (Å²) in [4.78, 5) is 11.5. The summed E-state index contributed by atoms with van der Waals surface area (Å²) in [5, 5.41) is 20.2. The van der Waals surface area contributed by atoms with E-state index in [1.165, 1.54) is 0 Å². The summed E-state index contributed by atoms with van der Waals surface area (Å²) in [7, 11) is 0. The fourth-order valence-electron chi connectivity index (χ4n) is 2.42. The van der Waals surface area contributed by atoms with Gasteiger partial charge < -0.3 is 14.9 Å².